The van der Waals surface area contributed by atoms with Gasteiger partial charge >= 0.3 is 0 Å². The smallest absolute Gasteiger partial charge is 0.159 e. The molecule has 182 valence electrons. The van der Waals surface area contributed by atoms with E-state index < -0.39 is 0 Å². The van der Waals surface area contributed by atoms with Gasteiger partial charge in [-0.05, 0) is 35.9 Å². The van der Waals surface area contributed by atoms with Gasteiger partial charge in [0.15, 0.2) is 11.5 Å². The molecule has 9 heteroatoms. The van der Waals surface area contributed by atoms with Crippen molar-refractivity contribution in [3.63, 3.8) is 0 Å². The molecule has 0 aliphatic rings. The molecule has 6 aromatic heterocycles. The molecule has 0 saturated carbocycles. The molecule has 0 unspecified atom stereocenters. The molecule has 0 atom stereocenters. The van der Waals surface area contributed by atoms with Crippen molar-refractivity contribution in [2.45, 2.75) is 6.61 Å². The number of pyridine rings is 4. The first kappa shape index (κ1) is 21.8. The molecule has 0 radical (unpaired) electrons. The highest BCUT2D eigenvalue weighted by Gasteiger charge is 2.17. The molecule has 9 nitrogen and oxygen atoms in total. The number of hydrogen-bond donors (Lipinski definition) is 2. The molecular formula is C29H20N8O. The Morgan fingerprint density at radius 1 is 0.737 bits per heavy atom. The Balaban J connectivity index is 1.24. The van der Waals surface area contributed by atoms with Crippen molar-refractivity contribution in [3.8, 4) is 39.7 Å². The average Bonchev–Trinajstić information content (AvgIpc) is 3.61. The van der Waals surface area contributed by atoms with Crippen LogP contribution >= 0.6 is 0 Å². The minimum absolute atomic E-state index is 0.469. The van der Waals surface area contributed by atoms with Crippen LogP contribution in [-0.2, 0) is 6.61 Å². The largest absolute Gasteiger partial charge is 0.487 e. The second-order valence-electron chi connectivity index (χ2n) is 8.76. The zero-order valence-corrected chi connectivity index (χ0v) is 20.0. The molecule has 6 heterocycles. The maximum absolute atomic E-state index is 5.97. The average molecular weight is 497 g/mol. The van der Waals surface area contributed by atoms with E-state index in [0.717, 1.165) is 44.4 Å². The third-order valence-corrected chi connectivity index (χ3v) is 6.27. The van der Waals surface area contributed by atoms with E-state index >= 15 is 0 Å². The zero-order valence-electron chi connectivity index (χ0n) is 20.0. The predicted octanol–water partition coefficient (Wildman–Crippen LogP) is 5.60. The van der Waals surface area contributed by atoms with E-state index in [4.69, 9.17) is 9.72 Å². The van der Waals surface area contributed by atoms with Crippen LogP contribution in [-0.4, -0.2) is 40.1 Å². The van der Waals surface area contributed by atoms with E-state index in [1.54, 1.807) is 37.2 Å². The van der Waals surface area contributed by atoms with Crippen LogP contribution in [0.5, 0.6) is 5.75 Å². The van der Waals surface area contributed by atoms with Gasteiger partial charge in [-0.2, -0.15) is 5.10 Å². The normalized spacial score (nSPS) is 11.3. The lowest BCUT2D eigenvalue weighted by Crippen LogP contribution is -1.96. The van der Waals surface area contributed by atoms with E-state index in [0.29, 0.717) is 29.5 Å². The number of rotatable bonds is 6. The molecule has 0 spiro atoms. The Hall–Kier alpha value is -5.44. The van der Waals surface area contributed by atoms with Crippen LogP contribution < -0.4 is 4.74 Å². The topological polar surface area (TPSA) is 118 Å². The number of nitrogens with one attached hydrogen (secondary N) is 2. The Morgan fingerprint density at radius 3 is 2.53 bits per heavy atom. The summed E-state index contributed by atoms with van der Waals surface area (Å²) in [6.45, 7) is 0.469. The molecule has 7 aromatic rings. The van der Waals surface area contributed by atoms with Crippen molar-refractivity contribution in [3.05, 3.63) is 103 Å². The summed E-state index contributed by atoms with van der Waals surface area (Å²) in [5.74, 6) is 1.31. The van der Waals surface area contributed by atoms with Crippen LogP contribution in [0, 0.1) is 0 Å². The minimum Gasteiger partial charge on any atom is -0.487 e. The van der Waals surface area contributed by atoms with E-state index in [-0.39, 0.29) is 0 Å². The van der Waals surface area contributed by atoms with Crippen LogP contribution in [0.15, 0.2) is 97.8 Å². The number of hydrogen-bond acceptors (Lipinski definition) is 7. The Morgan fingerprint density at radius 2 is 1.63 bits per heavy atom. The molecule has 1 aromatic carbocycles. The summed E-state index contributed by atoms with van der Waals surface area (Å²) in [5, 5.41) is 8.38. The number of nitrogens with zero attached hydrogens (tertiary/aromatic N) is 6. The molecule has 0 aliphatic carbocycles. The van der Waals surface area contributed by atoms with Crippen molar-refractivity contribution in [1.82, 2.24) is 40.1 Å². The van der Waals surface area contributed by atoms with Crippen LogP contribution in [0.3, 0.4) is 0 Å². The standard InChI is InChI=1S/C29H20N8O/c1-2-5-18(6-3-1)17-38-22-11-20(14-31-16-22)21-12-23-26(36-37-28(23)33-15-21)29-34-24-8-10-32-25(27(24)35-29)19-7-4-9-30-13-19/h1-16H,17H2,(H,34,35)(H,33,36,37). The third-order valence-electron chi connectivity index (χ3n) is 6.27. The van der Waals surface area contributed by atoms with Crippen LogP contribution in [0.2, 0.25) is 0 Å². The highest BCUT2D eigenvalue weighted by molar-refractivity contribution is 5.96. The summed E-state index contributed by atoms with van der Waals surface area (Å²) in [7, 11) is 0. The van der Waals surface area contributed by atoms with Crippen molar-refractivity contribution in [2.75, 3.05) is 0 Å². The lowest BCUT2D eigenvalue weighted by atomic mass is 10.1. The molecule has 0 aliphatic heterocycles. The van der Waals surface area contributed by atoms with Gasteiger partial charge in [0.1, 0.15) is 23.6 Å². The van der Waals surface area contributed by atoms with Gasteiger partial charge in [0, 0.05) is 47.7 Å². The lowest BCUT2D eigenvalue weighted by Gasteiger charge is -2.08. The van der Waals surface area contributed by atoms with Gasteiger partial charge in [0.05, 0.1) is 22.8 Å². The summed E-state index contributed by atoms with van der Waals surface area (Å²) < 4.78 is 5.97. The minimum atomic E-state index is 0.469. The summed E-state index contributed by atoms with van der Waals surface area (Å²) >= 11 is 0. The van der Waals surface area contributed by atoms with Crippen LogP contribution in [0.1, 0.15) is 5.56 Å². The van der Waals surface area contributed by atoms with Gasteiger partial charge in [-0.25, -0.2) is 9.97 Å². The van der Waals surface area contributed by atoms with E-state index in [2.05, 4.69) is 35.1 Å². The summed E-state index contributed by atoms with van der Waals surface area (Å²) in [4.78, 5) is 26.0. The Bertz CT molecular complexity index is 1880. The molecule has 2 N–H and O–H groups in total. The molecule has 0 fully saturated rings. The van der Waals surface area contributed by atoms with Crippen LogP contribution in [0.25, 0.3) is 56.0 Å². The Labute approximate surface area is 216 Å². The number of ether oxygens (including phenoxy) is 1. The first-order valence-corrected chi connectivity index (χ1v) is 12.0. The third kappa shape index (κ3) is 4.01. The first-order chi connectivity index (χ1) is 18.8. The monoisotopic (exact) mass is 496 g/mol. The molecular weight excluding hydrogens is 476 g/mol. The molecule has 7 rings (SSSR count). The van der Waals surface area contributed by atoms with Gasteiger partial charge in [-0.1, -0.05) is 30.3 Å². The van der Waals surface area contributed by atoms with E-state index in [9.17, 15) is 0 Å². The highest BCUT2D eigenvalue weighted by atomic mass is 16.5. The van der Waals surface area contributed by atoms with E-state index in [1.165, 1.54) is 0 Å². The molecule has 0 amide bonds. The fourth-order valence-electron chi connectivity index (χ4n) is 4.40. The van der Waals surface area contributed by atoms with Crippen molar-refractivity contribution in [1.29, 1.82) is 0 Å². The summed E-state index contributed by atoms with van der Waals surface area (Å²) in [6.07, 6.45) is 10.6. The SMILES string of the molecule is c1ccc(COc2cncc(-c3cnc4[nH]nc(-c5nc6c(-c7cccnc7)nccc6[nH]5)c4c3)c2)cc1. The predicted molar refractivity (Wildman–Crippen MR) is 144 cm³/mol. The van der Waals surface area contributed by atoms with Gasteiger partial charge in [-0.15, -0.1) is 0 Å². The second-order valence-corrected chi connectivity index (χ2v) is 8.76. The number of fused-ring (bicyclic) bond motifs is 2. The molecule has 0 bridgehead atoms. The maximum Gasteiger partial charge on any atom is 0.159 e. The number of aromatic amines is 2. The Kier molecular flexibility index (Phi) is 5.29. The fourth-order valence-corrected chi connectivity index (χ4v) is 4.40. The maximum atomic E-state index is 5.97. The summed E-state index contributed by atoms with van der Waals surface area (Å²) in [5.41, 5.74) is 7.49. The fraction of sp³-hybridized carbons (Fsp3) is 0.0345. The number of H-pyrrole nitrogens is 2. The van der Waals surface area contributed by atoms with Crippen molar-refractivity contribution >= 4 is 22.1 Å². The van der Waals surface area contributed by atoms with Crippen LogP contribution in [0.4, 0.5) is 0 Å². The zero-order chi connectivity index (χ0) is 25.3. The summed E-state index contributed by atoms with van der Waals surface area (Å²) in [6, 6.07) is 19.8. The quantitative estimate of drug-likeness (QED) is 0.308. The highest BCUT2D eigenvalue weighted by Crippen LogP contribution is 2.32. The molecule has 38 heavy (non-hydrogen) atoms. The number of imidazole rings is 1. The van der Waals surface area contributed by atoms with Gasteiger partial charge < -0.3 is 9.72 Å². The number of aromatic nitrogens is 8. The van der Waals surface area contributed by atoms with Gasteiger partial charge in [-0.3, -0.25) is 20.1 Å². The first-order valence-electron chi connectivity index (χ1n) is 12.0. The van der Waals surface area contributed by atoms with Crippen molar-refractivity contribution < 1.29 is 4.74 Å². The lowest BCUT2D eigenvalue weighted by molar-refractivity contribution is 0.305. The van der Waals surface area contributed by atoms with Gasteiger partial charge in [0.25, 0.3) is 0 Å². The van der Waals surface area contributed by atoms with E-state index in [1.807, 2.05) is 60.7 Å². The van der Waals surface area contributed by atoms with Gasteiger partial charge in [0.2, 0.25) is 0 Å². The second kappa shape index (κ2) is 9.21. The molecule has 0 saturated heterocycles. The number of benzene rings is 1. The van der Waals surface area contributed by atoms with Crippen molar-refractivity contribution in [2.24, 2.45) is 0 Å².